The summed E-state index contributed by atoms with van der Waals surface area (Å²) in [6, 6.07) is 0.687. The Hall–Kier alpha value is -0.550. The fraction of sp³-hybridized carbons (Fsp3) is 0.818. The van der Waals surface area contributed by atoms with Gasteiger partial charge in [-0.05, 0) is 55.4 Å². The highest BCUT2D eigenvalue weighted by Crippen LogP contribution is 2.71. The maximum absolute atomic E-state index is 4.45. The molecule has 0 aromatic rings. The summed E-state index contributed by atoms with van der Waals surface area (Å²) in [6.45, 7) is 0. The molecule has 1 nitrogen and oxygen atoms in total. The minimum Gasteiger partial charge on any atom is -0.240 e. The van der Waals surface area contributed by atoms with Crippen LogP contribution in [0, 0.1) is 23.2 Å². The van der Waals surface area contributed by atoms with Crippen LogP contribution in [0.15, 0.2) is 11.1 Å². The Kier molecular flexibility index (Phi) is 0.779. The lowest BCUT2D eigenvalue weighted by atomic mass is 9.41. The highest BCUT2D eigenvalue weighted by molar-refractivity contribution is 5.57. The molecule has 0 aromatic carbocycles. The molecular formula is C11H13N. The van der Waals surface area contributed by atoms with Crippen LogP contribution in [0.1, 0.15) is 25.7 Å². The maximum atomic E-state index is 4.45. The van der Waals surface area contributed by atoms with E-state index in [0.717, 1.165) is 17.8 Å². The Morgan fingerprint density at radius 2 is 2.42 bits per heavy atom. The monoisotopic (exact) mass is 159 g/mol. The molecule has 0 bridgehead atoms. The third kappa shape index (κ3) is 0.456. The second-order valence-corrected chi connectivity index (χ2v) is 5.06. The van der Waals surface area contributed by atoms with E-state index in [2.05, 4.69) is 16.9 Å². The minimum atomic E-state index is 0.624. The quantitative estimate of drug-likeness (QED) is 0.513. The molecule has 4 aliphatic rings. The smallest absolute Gasteiger partial charge is 0.0629 e. The van der Waals surface area contributed by atoms with Gasteiger partial charge in [0.15, 0.2) is 0 Å². The van der Waals surface area contributed by atoms with Gasteiger partial charge in [-0.1, -0.05) is 0 Å². The van der Waals surface area contributed by atoms with Gasteiger partial charge in [0, 0.05) is 5.41 Å². The zero-order valence-corrected chi connectivity index (χ0v) is 7.16. The summed E-state index contributed by atoms with van der Waals surface area (Å²) in [5.41, 5.74) is 0.624. The molecule has 3 fully saturated rings. The third-order valence-corrected chi connectivity index (χ3v) is 4.81. The van der Waals surface area contributed by atoms with Gasteiger partial charge < -0.3 is 0 Å². The number of hydrogen-bond acceptors (Lipinski definition) is 1. The van der Waals surface area contributed by atoms with E-state index in [1.807, 2.05) is 0 Å². The number of hydrogen-bond donors (Lipinski definition) is 0. The molecule has 3 saturated carbocycles. The molecule has 1 aliphatic heterocycles. The van der Waals surface area contributed by atoms with Crippen molar-refractivity contribution in [1.29, 1.82) is 0 Å². The first-order valence-electron chi connectivity index (χ1n) is 5.20. The number of fused-ring (bicyclic) bond motifs is 2. The Bertz CT molecular complexity index is 313. The van der Waals surface area contributed by atoms with E-state index in [-0.39, 0.29) is 0 Å². The largest absolute Gasteiger partial charge is 0.240 e. The topological polar surface area (TPSA) is 12.4 Å². The van der Waals surface area contributed by atoms with Gasteiger partial charge in [0.1, 0.15) is 0 Å². The summed E-state index contributed by atoms with van der Waals surface area (Å²) in [5, 5.41) is 0. The van der Waals surface area contributed by atoms with Crippen LogP contribution in [0.5, 0.6) is 0 Å². The number of allylic oxidation sites excluding steroid dienone is 1. The van der Waals surface area contributed by atoms with Crippen molar-refractivity contribution in [3.05, 3.63) is 6.08 Å². The summed E-state index contributed by atoms with van der Waals surface area (Å²) in [6.07, 6.45) is 8.12. The lowest BCUT2D eigenvalue weighted by Crippen LogP contribution is -2.56. The van der Waals surface area contributed by atoms with Crippen molar-refractivity contribution in [3.63, 3.8) is 0 Å². The SMILES string of the molecule is C1=CC23CCC2CC3C2CC2N=1. The van der Waals surface area contributed by atoms with Crippen LogP contribution < -0.4 is 0 Å². The van der Waals surface area contributed by atoms with Crippen molar-refractivity contribution in [1.82, 2.24) is 0 Å². The first kappa shape index (κ1) is 5.99. The lowest BCUT2D eigenvalue weighted by molar-refractivity contribution is -0.109. The van der Waals surface area contributed by atoms with E-state index in [1.165, 1.54) is 25.7 Å². The van der Waals surface area contributed by atoms with Gasteiger partial charge in [-0.3, -0.25) is 0 Å². The molecule has 1 heterocycles. The van der Waals surface area contributed by atoms with Crippen molar-refractivity contribution in [2.45, 2.75) is 31.7 Å². The van der Waals surface area contributed by atoms with Gasteiger partial charge in [-0.2, -0.15) is 0 Å². The molecule has 1 heteroatoms. The molecular weight excluding hydrogens is 146 g/mol. The summed E-state index contributed by atoms with van der Waals surface area (Å²) in [4.78, 5) is 4.45. The van der Waals surface area contributed by atoms with E-state index in [1.54, 1.807) is 0 Å². The molecule has 5 unspecified atom stereocenters. The Labute approximate surface area is 72.6 Å². The number of aliphatic imine (C=N–C) groups is 1. The van der Waals surface area contributed by atoms with Crippen molar-refractivity contribution in [3.8, 4) is 0 Å². The predicted octanol–water partition coefficient (Wildman–Crippen LogP) is 2.03. The van der Waals surface area contributed by atoms with Crippen molar-refractivity contribution < 1.29 is 0 Å². The van der Waals surface area contributed by atoms with E-state index in [0.29, 0.717) is 11.5 Å². The van der Waals surface area contributed by atoms with E-state index in [4.69, 9.17) is 0 Å². The Morgan fingerprint density at radius 3 is 3.17 bits per heavy atom. The van der Waals surface area contributed by atoms with Gasteiger partial charge in [0.2, 0.25) is 0 Å². The Balaban J connectivity index is 1.82. The van der Waals surface area contributed by atoms with Crippen molar-refractivity contribution in [2.24, 2.45) is 28.2 Å². The molecule has 0 aromatic heterocycles. The van der Waals surface area contributed by atoms with Crippen LogP contribution >= 0.6 is 0 Å². The van der Waals surface area contributed by atoms with Crippen molar-refractivity contribution in [2.75, 3.05) is 0 Å². The molecule has 12 heavy (non-hydrogen) atoms. The second-order valence-electron chi connectivity index (χ2n) is 5.06. The fourth-order valence-corrected chi connectivity index (χ4v) is 3.78. The summed E-state index contributed by atoms with van der Waals surface area (Å²) in [7, 11) is 0. The average molecular weight is 159 g/mol. The fourth-order valence-electron chi connectivity index (χ4n) is 3.78. The molecule has 0 saturated heterocycles. The molecule has 0 N–H and O–H groups in total. The molecule has 4 rings (SSSR count). The van der Waals surface area contributed by atoms with Crippen molar-refractivity contribution >= 4 is 5.87 Å². The minimum absolute atomic E-state index is 0.624. The maximum Gasteiger partial charge on any atom is 0.0629 e. The normalized spacial score (nSPS) is 63.3. The molecule has 0 amide bonds. The van der Waals surface area contributed by atoms with Crippen LogP contribution in [0.25, 0.3) is 0 Å². The highest BCUT2D eigenvalue weighted by atomic mass is 14.9. The number of rotatable bonds is 0. The van der Waals surface area contributed by atoms with Crippen LogP contribution in [0.2, 0.25) is 0 Å². The number of nitrogens with zero attached hydrogens (tertiary/aromatic N) is 1. The Morgan fingerprint density at radius 1 is 1.42 bits per heavy atom. The second kappa shape index (κ2) is 1.56. The highest BCUT2D eigenvalue weighted by Gasteiger charge is 2.65. The van der Waals surface area contributed by atoms with Gasteiger partial charge in [-0.25, -0.2) is 4.99 Å². The van der Waals surface area contributed by atoms with E-state index >= 15 is 0 Å². The summed E-state index contributed by atoms with van der Waals surface area (Å²) in [5.74, 6) is 6.20. The van der Waals surface area contributed by atoms with Gasteiger partial charge in [-0.15, -0.1) is 0 Å². The van der Waals surface area contributed by atoms with Gasteiger partial charge in [0.25, 0.3) is 0 Å². The average Bonchev–Trinajstić information content (AvgIpc) is 2.77. The molecule has 62 valence electrons. The zero-order chi connectivity index (χ0) is 7.76. The molecule has 0 radical (unpaired) electrons. The third-order valence-electron chi connectivity index (χ3n) is 4.81. The first-order chi connectivity index (χ1) is 5.90. The van der Waals surface area contributed by atoms with Crippen LogP contribution in [0.4, 0.5) is 0 Å². The molecule has 5 atom stereocenters. The van der Waals surface area contributed by atoms with Gasteiger partial charge >= 0.3 is 0 Å². The molecule has 3 aliphatic carbocycles. The first-order valence-corrected chi connectivity index (χ1v) is 5.20. The van der Waals surface area contributed by atoms with Crippen LogP contribution in [-0.4, -0.2) is 11.9 Å². The van der Waals surface area contributed by atoms with E-state index < -0.39 is 0 Å². The van der Waals surface area contributed by atoms with Crippen LogP contribution in [-0.2, 0) is 0 Å². The summed E-state index contributed by atoms with van der Waals surface area (Å²) < 4.78 is 0. The zero-order valence-electron chi connectivity index (χ0n) is 7.16. The standard InChI is InChI=1S/C11H13N/c1-2-11-3-4-12-10-6-8(10)9(11)5-7(1)11/h3,7-10H,1-2,5-6H2. The summed E-state index contributed by atoms with van der Waals surface area (Å²) >= 11 is 0. The molecule has 1 spiro atoms. The van der Waals surface area contributed by atoms with Gasteiger partial charge in [0.05, 0.1) is 6.04 Å². The predicted molar refractivity (Wildman–Crippen MR) is 47.2 cm³/mol. The lowest BCUT2D eigenvalue weighted by Gasteiger charge is -2.62. The van der Waals surface area contributed by atoms with E-state index in [9.17, 15) is 0 Å². The van der Waals surface area contributed by atoms with Crippen LogP contribution in [0.3, 0.4) is 0 Å².